The van der Waals surface area contributed by atoms with Gasteiger partial charge in [0, 0.05) is 17.6 Å². The molecule has 0 N–H and O–H groups in total. The minimum atomic E-state index is 0.307. The van der Waals surface area contributed by atoms with Crippen molar-refractivity contribution < 1.29 is 4.74 Å². The van der Waals surface area contributed by atoms with Crippen molar-refractivity contribution in [3.8, 4) is 11.5 Å². The van der Waals surface area contributed by atoms with E-state index in [9.17, 15) is 0 Å². The first kappa shape index (κ1) is 17.7. The second-order valence-electron chi connectivity index (χ2n) is 7.65. The zero-order valence-corrected chi connectivity index (χ0v) is 16.8. The largest absolute Gasteiger partial charge is 0.457 e. The Hall–Kier alpha value is -3.33. The summed E-state index contributed by atoms with van der Waals surface area (Å²) in [6.07, 6.45) is 1.03. The van der Waals surface area contributed by atoms with Gasteiger partial charge < -0.3 is 9.64 Å². The van der Waals surface area contributed by atoms with Crippen LogP contribution in [0, 0.1) is 6.92 Å². The molecule has 0 aliphatic carbocycles. The Morgan fingerprint density at radius 3 is 2.38 bits per heavy atom. The molecule has 144 valence electrons. The van der Waals surface area contributed by atoms with Gasteiger partial charge in [0.2, 0.25) is 0 Å². The summed E-state index contributed by atoms with van der Waals surface area (Å²) >= 11 is 0. The molecule has 1 aliphatic heterocycles. The van der Waals surface area contributed by atoms with Crippen molar-refractivity contribution >= 4 is 16.6 Å². The summed E-state index contributed by atoms with van der Waals surface area (Å²) in [6.45, 7) is 5.43. The predicted molar refractivity (Wildman–Crippen MR) is 119 cm³/mol. The van der Waals surface area contributed by atoms with Crippen LogP contribution < -0.4 is 9.64 Å². The third-order valence-electron chi connectivity index (χ3n) is 5.85. The molecule has 1 unspecified atom stereocenters. The molecule has 3 nitrogen and oxygen atoms in total. The van der Waals surface area contributed by atoms with Crippen molar-refractivity contribution in [1.29, 1.82) is 0 Å². The molecule has 1 aliphatic rings. The molecule has 0 saturated carbocycles. The quantitative estimate of drug-likeness (QED) is 0.406. The van der Waals surface area contributed by atoms with Crippen LogP contribution >= 0.6 is 0 Å². The average Bonchev–Trinajstić information content (AvgIpc) is 3.21. The fraction of sp³-hybridized carbons (Fsp3) is 0.192. The number of fused-ring (bicyclic) bond motifs is 3. The monoisotopic (exact) mass is 380 g/mol. The van der Waals surface area contributed by atoms with Crippen LogP contribution in [0.4, 0.5) is 5.69 Å². The first-order valence-corrected chi connectivity index (χ1v) is 10.2. The molecule has 1 atom stereocenters. The van der Waals surface area contributed by atoms with Gasteiger partial charge in [-0.25, -0.2) is 0 Å². The third kappa shape index (κ3) is 3.23. The second kappa shape index (κ2) is 7.25. The molecule has 2 heterocycles. The van der Waals surface area contributed by atoms with Gasteiger partial charge in [0.1, 0.15) is 11.5 Å². The van der Waals surface area contributed by atoms with Crippen LogP contribution in [0.15, 0.2) is 78.9 Å². The van der Waals surface area contributed by atoms with Crippen molar-refractivity contribution in [3.63, 3.8) is 0 Å². The number of pyridine rings is 1. The number of ether oxygens (including phenoxy) is 1. The standard InChI is InChI=1S/C26H24N2O/c1-18-23-15-16-28(19(2)20-9-5-3-6-10-20)26(23)24-17-22(13-14-25(24)27-18)29-21-11-7-4-8-12-21/h3-14,17,19H,15-16H2,1-2H3. The van der Waals surface area contributed by atoms with Crippen LogP contribution in [0.1, 0.15) is 29.8 Å². The van der Waals surface area contributed by atoms with E-state index in [0.717, 1.165) is 35.7 Å². The number of hydrogen-bond acceptors (Lipinski definition) is 3. The summed E-state index contributed by atoms with van der Waals surface area (Å²) < 4.78 is 6.11. The lowest BCUT2D eigenvalue weighted by molar-refractivity contribution is 0.483. The molecular formula is C26H24N2O. The fourth-order valence-corrected chi connectivity index (χ4v) is 4.34. The molecular weight excluding hydrogens is 356 g/mol. The van der Waals surface area contributed by atoms with Gasteiger partial charge in [-0.3, -0.25) is 4.98 Å². The van der Waals surface area contributed by atoms with Crippen molar-refractivity contribution in [2.24, 2.45) is 0 Å². The molecule has 0 amide bonds. The van der Waals surface area contributed by atoms with E-state index in [4.69, 9.17) is 9.72 Å². The molecule has 0 spiro atoms. The van der Waals surface area contributed by atoms with Gasteiger partial charge in [0.25, 0.3) is 0 Å². The number of para-hydroxylation sites is 1. The predicted octanol–water partition coefficient (Wildman–Crippen LogP) is 6.46. The van der Waals surface area contributed by atoms with Crippen LogP contribution in [0.3, 0.4) is 0 Å². The minimum absolute atomic E-state index is 0.307. The number of anilines is 1. The summed E-state index contributed by atoms with van der Waals surface area (Å²) in [5.74, 6) is 1.69. The lowest BCUT2D eigenvalue weighted by Gasteiger charge is -2.29. The highest BCUT2D eigenvalue weighted by atomic mass is 16.5. The molecule has 0 saturated heterocycles. The lowest BCUT2D eigenvalue weighted by Crippen LogP contribution is -2.24. The van der Waals surface area contributed by atoms with E-state index in [-0.39, 0.29) is 0 Å². The van der Waals surface area contributed by atoms with Crippen molar-refractivity contribution in [1.82, 2.24) is 4.98 Å². The SMILES string of the molecule is Cc1nc2ccc(Oc3ccccc3)cc2c2c1CCN2C(C)c1ccccc1. The summed E-state index contributed by atoms with van der Waals surface area (Å²) in [4.78, 5) is 7.40. The van der Waals surface area contributed by atoms with Gasteiger partial charge in [-0.05, 0) is 61.7 Å². The smallest absolute Gasteiger partial charge is 0.128 e. The van der Waals surface area contributed by atoms with Crippen molar-refractivity contribution in [2.75, 3.05) is 11.4 Å². The molecule has 4 aromatic rings. The van der Waals surface area contributed by atoms with Crippen LogP contribution in [-0.4, -0.2) is 11.5 Å². The average molecular weight is 380 g/mol. The van der Waals surface area contributed by atoms with Gasteiger partial charge in [-0.2, -0.15) is 0 Å². The number of aromatic nitrogens is 1. The van der Waals surface area contributed by atoms with Gasteiger partial charge in [-0.1, -0.05) is 48.5 Å². The summed E-state index contributed by atoms with van der Waals surface area (Å²) in [5.41, 5.74) is 6.15. The molecule has 0 fully saturated rings. The van der Waals surface area contributed by atoms with Crippen LogP contribution in [-0.2, 0) is 6.42 Å². The molecule has 29 heavy (non-hydrogen) atoms. The normalized spacial score (nSPS) is 14.1. The van der Waals surface area contributed by atoms with Crippen molar-refractivity contribution in [2.45, 2.75) is 26.3 Å². The molecule has 0 bridgehead atoms. The molecule has 3 heteroatoms. The summed E-state index contributed by atoms with van der Waals surface area (Å²) in [6, 6.07) is 27.2. The number of aryl methyl sites for hydroxylation is 1. The summed E-state index contributed by atoms with van der Waals surface area (Å²) in [5, 5.41) is 1.17. The van der Waals surface area contributed by atoms with E-state index < -0.39 is 0 Å². The van der Waals surface area contributed by atoms with Crippen LogP contribution in [0.25, 0.3) is 10.9 Å². The zero-order chi connectivity index (χ0) is 19.8. The highest BCUT2D eigenvalue weighted by molar-refractivity contribution is 5.96. The Morgan fingerprint density at radius 1 is 0.897 bits per heavy atom. The van der Waals surface area contributed by atoms with E-state index in [1.807, 2.05) is 36.4 Å². The Kier molecular flexibility index (Phi) is 4.44. The zero-order valence-electron chi connectivity index (χ0n) is 16.8. The van der Waals surface area contributed by atoms with E-state index >= 15 is 0 Å². The first-order chi connectivity index (χ1) is 14.2. The van der Waals surface area contributed by atoms with Crippen LogP contribution in [0.2, 0.25) is 0 Å². The molecule has 5 rings (SSSR count). The Labute approximate surface area is 171 Å². The van der Waals surface area contributed by atoms with Crippen molar-refractivity contribution in [3.05, 3.63) is 95.7 Å². The maximum Gasteiger partial charge on any atom is 0.128 e. The van der Waals surface area contributed by atoms with E-state index in [1.54, 1.807) is 0 Å². The van der Waals surface area contributed by atoms with Gasteiger partial charge >= 0.3 is 0 Å². The fourth-order valence-electron chi connectivity index (χ4n) is 4.34. The van der Waals surface area contributed by atoms with Gasteiger partial charge in [-0.15, -0.1) is 0 Å². The third-order valence-corrected chi connectivity index (χ3v) is 5.85. The van der Waals surface area contributed by atoms with E-state index in [2.05, 4.69) is 61.2 Å². The Morgan fingerprint density at radius 2 is 1.62 bits per heavy atom. The van der Waals surface area contributed by atoms with Crippen LogP contribution in [0.5, 0.6) is 11.5 Å². The lowest BCUT2D eigenvalue weighted by atomic mass is 10.0. The van der Waals surface area contributed by atoms with E-state index in [0.29, 0.717) is 6.04 Å². The summed E-state index contributed by atoms with van der Waals surface area (Å²) in [7, 11) is 0. The minimum Gasteiger partial charge on any atom is -0.457 e. The second-order valence-corrected chi connectivity index (χ2v) is 7.65. The number of rotatable bonds is 4. The number of nitrogens with zero attached hydrogens (tertiary/aromatic N) is 2. The highest BCUT2D eigenvalue weighted by Gasteiger charge is 2.28. The van der Waals surface area contributed by atoms with E-state index in [1.165, 1.54) is 22.2 Å². The topological polar surface area (TPSA) is 25.4 Å². The Bertz CT molecular complexity index is 1160. The highest BCUT2D eigenvalue weighted by Crippen LogP contribution is 2.42. The maximum atomic E-state index is 6.11. The number of benzene rings is 3. The maximum absolute atomic E-state index is 6.11. The molecule has 1 aromatic heterocycles. The number of hydrogen-bond donors (Lipinski definition) is 0. The first-order valence-electron chi connectivity index (χ1n) is 10.2. The Balaban J connectivity index is 1.60. The van der Waals surface area contributed by atoms with Gasteiger partial charge in [0.05, 0.1) is 17.2 Å². The van der Waals surface area contributed by atoms with Gasteiger partial charge in [0.15, 0.2) is 0 Å². The molecule has 0 radical (unpaired) electrons. The molecule has 3 aromatic carbocycles.